The predicted octanol–water partition coefficient (Wildman–Crippen LogP) is 16.2. The Labute approximate surface area is 353 Å². The van der Waals surface area contributed by atoms with Crippen molar-refractivity contribution >= 4 is 109 Å². The summed E-state index contributed by atoms with van der Waals surface area (Å²) in [6, 6.07) is 68.8. The van der Waals surface area contributed by atoms with E-state index >= 15 is 0 Å². The lowest BCUT2D eigenvalue weighted by atomic mass is 9.94. The van der Waals surface area contributed by atoms with Crippen LogP contribution in [0.2, 0.25) is 0 Å². The Morgan fingerprint density at radius 2 is 0.645 bits per heavy atom. The third-order valence-corrected chi connectivity index (χ3v) is 13.0. The minimum absolute atomic E-state index is 0.630. The third kappa shape index (κ3) is 4.72. The van der Waals surface area contributed by atoms with Gasteiger partial charge in [-0.1, -0.05) is 158 Å². The highest BCUT2D eigenvalue weighted by molar-refractivity contribution is 6.30. The van der Waals surface area contributed by atoms with Crippen molar-refractivity contribution < 1.29 is 8.83 Å². The molecule has 286 valence electrons. The summed E-state index contributed by atoms with van der Waals surface area (Å²) in [6.07, 6.45) is 0. The zero-order valence-electron chi connectivity index (χ0n) is 33.2. The van der Waals surface area contributed by atoms with Crippen molar-refractivity contribution in [2.75, 3.05) is 0 Å². The van der Waals surface area contributed by atoms with Crippen molar-refractivity contribution in [3.63, 3.8) is 0 Å². The quantitative estimate of drug-likeness (QED) is 0.167. The third-order valence-electron chi connectivity index (χ3n) is 13.0. The number of benzene rings is 11. The van der Waals surface area contributed by atoms with Gasteiger partial charge in [0.1, 0.15) is 22.3 Å². The second-order valence-corrected chi connectivity index (χ2v) is 16.4. The van der Waals surface area contributed by atoms with E-state index < -0.39 is 0 Å². The van der Waals surface area contributed by atoms with E-state index in [0.29, 0.717) is 5.82 Å². The number of hydrogen-bond donors (Lipinski definition) is 0. The van der Waals surface area contributed by atoms with Gasteiger partial charge < -0.3 is 8.83 Å². The minimum atomic E-state index is 0.630. The molecule has 14 rings (SSSR count). The maximum absolute atomic E-state index is 7.00. The molecule has 0 spiro atoms. The summed E-state index contributed by atoms with van der Waals surface area (Å²) in [4.78, 5) is 11.1. The molecule has 0 N–H and O–H groups in total. The van der Waals surface area contributed by atoms with E-state index in [1.807, 2.05) is 0 Å². The van der Waals surface area contributed by atoms with Crippen molar-refractivity contribution in [1.82, 2.24) is 9.97 Å². The fraction of sp³-hybridized carbons (Fsp3) is 0. The van der Waals surface area contributed by atoms with E-state index in [2.05, 4.69) is 194 Å². The molecule has 11 aromatic carbocycles. The van der Waals surface area contributed by atoms with Crippen LogP contribution in [0.4, 0.5) is 0 Å². The van der Waals surface area contributed by atoms with Crippen LogP contribution in [-0.4, -0.2) is 9.97 Å². The zero-order chi connectivity index (χ0) is 40.5. The summed E-state index contributed by atoms with van der Waals surface area (Å²) in [5.74, 6) is 0.630. The second kappa shape index (κ2) is 12.6. The highest BCUT2D eigenvalue weighted by Crippen LogP contribution is 2.47. The highest BCUT2D eigenvalue weighted by atomic mass is 16.3. The van der Waals surface area contributed by atoms with E-state index in [4.69, 9.17) is 18.8 Å². The Balaban J connectivity index is 1.15. The molecule has 0 saturated heterocycles. The first-order chi connectivity index (χ1) is 30.7. The zero-order valence-corrected chi connectivity index (χ0v) is 33.2. The molecular weight excluding hydrogens is 757 g/mol. The van der Waals surface area contributed by atoms with Crippen molar-refractivity contribution in [1.29, 1.82) is 0 Å². The largest absolute Gasteiger partial charge is 0.455 e. The summed E-state index contributed by atoms with van der Waals surface area (Å²) in [5.41, 5.74) is 7.59. The summed E-state index contributed by atoms with van der Waals surface area (Å²) in [7, 11) is 0. The molecule has 62 heavy (non-hydrogen) atoms. The summed E-state index contributed by atoms with van der Waals surface area (Å²) in [6.45, 7) is 0. The maximum atomic E-state index is 7.00. The van der Waals surface area contributed by atoms with Crippen molar-refractivity contribution in [3.8, 4) is 33.9 Å². The molecule has 14 aromatic rings. The number of nitrogens with zero attached hydrogens (tertiary/aromatic N) is 2. The van der Waals surface area contributed by atoms with Crippen LogP contribution in [0.15, 0.2) is 203 Å². The molecule has 0 aliphatic carbocycles. The highest BCUT2D eigenvalue weighted by Gasteiger charge is 2.24. The average Bonchev–Trinajstić information content (AvgIpc) is 3.94. The number of rotatable bonds is 3. The Hall–Kier alpha value is -8.34. The van der Waals surface area contributed by atoms with E-state index in [1.54, 1.807) is 0 Å². The fourth-order valence-corrected chi connectivity index (χ4v) is 10.2. The fourth-order valence-electron chi connectivity index (χ4n) is 10.2. The van der Waals surface area contributed by atoms with Gasteiger partial charge in [0.15, 0.2) is 5.82 Å². The minimum Gasteiger partial charge on any atom is -0.455 e. The summed E-state index contributed by atoms with van der Waals surface area (Å²) >= 11 is 0. The van der Waals surface area contributed by atoms with E-state index in [9.17, 15) is 0 Å². The Bertz CT molecular complexity index is 4020. The molecule has 0 amide bonds. The molecule has 3 aromatic heterocycles. The Morgan fingerprint density at radius 1 is 0.274 bits per heavy atom. The molecule has 0 aliphatic rings. The maximum Gasteiger partial charge on any atom is 0.161 e. The molecule has 0 bridgehead atoms. The van der Waals surface area contributed by atoms with Gasteiger partial charge in [0.25, 0.3) is 0 Å². The van der Waals surface area contributed by atoms with Gasteiger partial charge in [-0.15, -0.1) is 0 Å². The lowest BCUT2D eigenvalue weighted by Crippen LogP contribution is -1.98. The van der Waals surface area contributed by atoms with Crippen LogP contribution in [0.5, 0.6) is 0 Å². The molecule has 0 unspecified atom stereocenters. The van der Waals surface area contributed by atoms with Gasteiger partial charge in [-0.05, 0) is 101 Å². The van der Waals surface area contributed by atoms with Crippen LogP contribution >= 0.6 is 0 Å². The van der Waals surface area contributed by atoms with Gasteiger partial charge in [-0.2, -0.15) is 0 Å². The van der Waals surface area contributed by atoms with Crippen LogP contribution in [0.25, 0.3) is 142 Å². The van der Waals surface area contributed by atoms with E-state index in [0.717, 1.165) is 120 Å². The van der Waals surface area contributed by atoms with Crippen LogP contribution in [-0.2, 0) is 0 Å². The smallest absolute Gasteiger partial charge is 0.161 e. The first kappa shape index (κ1) is 33.5. The van der Waals surface area contributed by atoms with Crippen LogP contribution in [0.1, 0.15) is 0 Å². The van der Waals surface area contributed by atoms with E-state index in [-0.39, 0.29) is 0 Å². The van der Waals surface area contributed by atoms with Gasteiger partial charge in [-0.25, -0.2) is 9.97 Å². The summed E-state index contributed by atoms with van der Waals surface area (Å²) < 4.78 is 14.0. The van der Waals surface area contributed by atoms with Crippen molar-refractivity contribution in [3.05, 3.63) is 194 Å². The molecule has 4 nitrogen and oxygen atoms in total. The first-order valence-electron chi connectivity index (χ1n) is 21.1. The number of aromatic nitrogens is 2. The SMILES string of the molecule is c1ccc2c(c1)cc(-c1nc(-c3cc4ccccc4c4c3oc3ccc5ccccc5c34)cc(-c3cc4ccccc4c4c3oc3ccc5ccccc5c34)n1)c1ccccc12. The number of furan rings is 2. The van der Waals surface area contributed by atoms with Gasteiger partial charge in [0.05, 0.1) is 11.4 Å². The number of fused-ring (bicyclic) bond motifs is 17. The van der Waals surface area contributed by atoms with E-state index in [1.165, 1.54) is 16.2 Å². The predicted molar refractivity (Wildman–Crippen MR) is 258 cm³/mol. The van der Waals surface area contributed by atoms with Gasteiger partial charge >= 0.3 is 0 Å². The summed E-state index contributed by atoms with van der Waals surface area (Å²) in [5, 5.41) is 18.1. The first-order valence-corrected chi connectivity index (χ1v) is 21.1. The van der Waals surface area contributed by atoms with Crippen LogP contribution < -0.4 is 0 Å². The normalized spacial score (nSPS) is 12.2. The Morgan fingerprint density at radius 3 is 1.15 bits per heavy atom. The topological polar surface area (TPSA) is 52.1 Å². The molecule has 3 heterocycles. The van der Waals surface area contributed by atoms with Gasteiger partial charge in [0, 0.05) is 38.2 Å². The number of hydrogen-bond acceptors (Lipinski definition) is 4. The lowest BCUT2D eigenvalue weighted by molar-refractivity contribution is 0.670. The molecular formula is C58H32N2O2. The monoisotopic (exact) mass is 788 g/mol. The molecule has 0 atom stereocenters. The molecule has 0 aliphatic heterocycles. The van der Waals surface area contributed by atoms with Crippen LogP contribution in [0, 0.1) is 0 Å². The molecule has 0 saturated carbocycles. The molecule has 4 heteroatoms. The Kier molecular flexibility index (Phi) is 6.80. The van der Waals surface area contributed by atoms with Crippen molar-refractivity contribution in [2.24, 2.45) is 0 Å². The van der Waals surface area contributed by atoms with Crippen LogP contribution in [0.3, 0.4) is 0 Å². The van der Waals surface area contributed by atoms with Gasteiger partial charge in [0.2, 0.25) is 0 Å². The average molecular weight is 789 g/mol. The van der Waals surface area contributed by atoms with Gasteiger partial charge in [-0.3, -0.25) is 0 Å². The van der Waals surface area contributed by atoms with Crippen molar-refractivity contribution in [2.45, 2.75) is 0 Å². The lowest BCUT2D eigenvalue weighted by Gasteiger charge is -2.14. The standard InChI is InChI=1S/C58H32N2O2/c1-7-19-39-33(13-1)25-27-50-52(39)54-41-21-9-4-16-36(41)30-46(56(54)61-50)48-32-49(60-58(59-48)45-29-35-15-3-6-18-38(35)43-23-11-12-24-44(43)45)47-31-37-17-5-10-22-42(37)55-53-40-20-8-2-14-34(40)26-28-51(53)62-57(47)55/h1-32H. The molecule has 0 radical (unpaired) electrons. The molecule has 0 fully saturated rings. The second-order valence-electron chi connectivity index (χ2n) is 16.4.